The van der Waals surface area contributed by atoms with Crippen LogP contribution >= 0.6 is 0 Å². The zero-order valence-corrected chi connectivity index (χ0v) is 15.0. The molecule has 5 nitrogen and oxygen atoms in total. The van der Waals surface area contributed by atoms with Crippen LogP contribution in [0, 0.1) is 11.8 Å². The maximum atomic E-state index is 13.0. The summed E-state index contributed by atoms with van der Waals surface area (Å²) in [6.07, 6.45) is 4.64. The zero-order chi connectivity index (χ0) is 17.5. The summed E-state index contributed by atoms with van der Waals surface area (Å²) in [5, 5.41) is 1.01. The van der Waals surface area contributed by atoms with Crippen LogP contribution in [-0.4, -0.2) is 66.1 Å². The number of carbonyl (C=O) groups is 1. The standard InChI is InChI=1S/C21H25N3O2/c25-21(16-5-6-19-15(10-16)4-3-7-22-19)24-12-18-17(14-26-20(18)13-24)11-23-8-1-2-9-23/h3-7,10,17-18,20H,1-2,8-9,11-14H2/t17-,18+,20+/m1/s1. The number of aromatic nitrogens is 1. The average Bonchev–Trinajstić information content (AvgIpc) is 3.40. The van der Waals surface area contributed by atoms with E-state index in [1.807, 2.05) is 35.2 Å². The minimum Gasteiger partial charge on any atom is -0.376 e. The maximum absolute atomic E-state index is 13.0. The van der Waals surface area contributed by atoms with Crippen LogP contribution < -0.4 is 0 Å². The Balaban J connectivity index is 1.29. The summed E-state index contributed by atoms with van der Waals surface area (Å²) in [4.78, 5) is 21.9. The second-order valence-corrected chi connectivity index (χ2v) is 7.92. The Morgan fingerprint density at radius 3 is 2.96 bits per heavy atom. The number of benzene rings is 1. The molecule has 26 heavy (non-hydrogen) atoms. The van der Waals surface area contributed by atoms with E-state index >= 15 is 0 Å². The van der Waals surface area contributed by atoms with Crippen LogP contribution in [0.25, 0.3) is 10.9 Å². The Bertz CT molecular complexity index is 818. The van der Waals surface area contributed by atoms with Gasteiger partial charge in [0.25, 0.3) is 5.91 Å². The number of carbonyl (C=O) groups excluding carboxylic acids is 1. The molecule has 4 heterocycles. The Kier molecular flexibility index (Phi) is 4.14. The van der Waals surface area contributed by atoms with E-state index < -0.39 is 0 Å². The molecule has 5 rings (SSSR count). The second-order valence-electron chi connectivity index (χ2n) is 7.92. The molecule has 0 spiro atoms. The lowest BCUT2D eigenvalue weighted by atomic mass is 9.93. The van der Waals surface area contributed by atoms with Crippen LogP contribution in [0.5, 0.6) is 0 Å². The summed E-state index contributed by atoms with van der Waals surface area (Å²) in [5.74, 6) is 1.17. The van der Waals surface area contributed by atoms with Crippen molar-refractivity contribution in [3.63, 3.8) is 0 Å². The molecule has 1 amide bonds. The van der Waals surface area contributed by atoms with Gasteiger partial charge in [-0.15, -0.1) is 0 Å². The number of ether oxygens (including phenoxy) is 1. The molecular weight excluding hydrogens is 326 g/mol. The number of likely N-dealkylation sites (tertiary alicyclic amines) is 2. The van der Waals surface area contributed by atoms with Crippen molar-refractivity contribution < 1.29 is 9.53 Å². The van der Waals surface area contributed by atoms with E-state index in [-0.39, 0.29) is 12.0 Å². The van der Waals surface area contributed by atoms with Crippen LogP contribution in [-0.2, 0) is 4.74 Å². The first-order valence-electron chi connectivity index (χ1n) is 9.76. The fourth-order valence-electron chi connectivity index (χ4n) is 4.84. The molecule has 3 aliphatic rings. The predicted molar refractivity (Wildman–Crippen MR) is 100 cm³/mol. The molecule has 1 aromatic carbocycles. The van der Waals surface area contributed by atoms with E-state index in [1.165, 1.54) is 25.9 Å². The molecule has 3 fully saturated rings. The van der Waals surface area contributed by atoms with Crippen LogP contribution in [0.2, 0.25) is 0 Å². The van der Waals surface area contributed by atoms with E-state index in [9.17, 15) is 4.79 Å². The average molecular weight is 351 g/mol. The molecule has 5 heteroatoms. The molecule has 3 aliphatic heterocycles. The number of rotatable bonds is 3. The van der Waals surface area contributed by atoms with E-state index in [0.717, 1.165) is 42.7 Å². The molecule has 0 unspecified atom stereocenters. The van der Waals surface area contributed by atoms with Gasteiger partial charge in [-0.3, -0.25) is 9.78 Å². The smallest absolute Gasteiger partial charge is 0.253 e. The van der Waals surface area contributed by atoms with Crippen LogP contribution in [0.3, 0.4) is 0 Å². The molecule has 3 atom stereocenters. The minimum absolute atomic E-state index is 0.119. The number of hydrogen-bond acceptors (Lipinski definition) is 4. The lowest BCUT2D eigenvalue weighted by molar-refractivity contribution is 0.0668. The van der Waals surface area contributed by atoms with Gasteiger partial charge in [0.2, 0.25) is 0 Å². The lowest BCUT2D eigenvalue weighted by Gasteiger charge is -2.24. The second kappa shape index (κ2) is 6.63. The zero-order valence-electron chi connectivity index (χ0n) is 15.0. The van der Waals surface area contributed by atoms with Crippen LogP contribution in [0.15, 0.2) is 36.5 Å². The maximum Gasteiger partial charge on any atom is 0.253 e. The number of nitrogens with zero attached hydrogens (tertiary/aromatic N) is 3. The third-order valence-electron chi connectivity index (χ3n) is 6.27. The van der Waals surface area contributed by atoms with Gasteiger partial charge < -0.3 is 14.5 Å². The molecule has 0 saturated carbocycles. The summed E-state index contributed by atoms with van der Waals surface area (Å²) in [7, 11) is 0. The Morgan fingerprint density at radius 1 is 1.19 bits per heavy atom. The topological polar surface area (TPSA) is 45.7 Å². The summed E-state index contributed by atoms with van der Waals surface area (Å²) in [6, 6.07) is 9.71. The van der Waals surface area contributed by atoms with Crippen molar-refractivity contribution in [2.24, 2.45) is 11.8 Å². The largest absolute Gasteiger partial charge is 0.376 e. The first kappa shape index (κ1) is 16.2. The van der Waals surface area contributed by atoms with E-state index in [2.05, 4.69) is 9.88 Å². The van der Waals surface area contributed by atoms with Gasteiger partial charge in [0.1, 0.15) is 0 Å². The van der Waals surface area contributed by atoms with Gasteiger partial charge in [-0.1, -0.05) is 6.07 Å². The molecule has 136 valence electrons. The van der Waals surface area contributed by atoms with Crippen molar-refractivity contribution >= 4 is 16.8 Å². The minimum atomic E-state index is 0.119. The van der Waals surface area contributed by atoms with E-state index in [0.29, 0.717) is 11.8 Å². The van der Waals surface area contributed by atoms with Crippen molar-refractivity contribution in [2.75, 3.05) is 39.3 Å². The Hall–Kier alpha value is -1.98. The Morgan fingerprint density at radius 2 is 2.08 bits per heavy atom. The van der Waals surface area contributed by atoms with Gasteiger partial charge in [0.05, 0.1) is 18.2 Å². The molecule has 0 bridgehead atoms. The number of hydrogen-bond donors (Lipinski definition) is 0. The monoisotopic (exact) mass is 351 g/mol. The highest BCUT2D eigenvalue weighted by molar-refractivity contribution is 5.98. The molecule has 3 saturated heterocycles. The molecular formula is C21H25N3O2. The van der Waals surface area contributed by atoms with Gasteiger partial charge in [-0.05, 0) is 50.2 Å². The summed E-state index contributed by atoms with van der Waals surface area (Å²) in [6.45, 7) is 5.99. The van der Waals surface area contributed by atoms with Gasteiger partial charge in [-0.2, -0.15) is 0 Å². The van der Waals surface area contributed by atoms with Crippen molar-refractivity contribution in [3.8, 4) is 0 Å². The van der Waals surface area contributed by atoms with Gasteiger partial charge in [0, 0.05) is 48.6 Å². The molecule has 1 aromatic heterocycles. The normalized spacial score (nSPS) is 28.8. The van der Waals surface area contributed by atoms with Gasteiger partial charge in [0.15, 0.2) is 0 Å². The predicted octanol–water partition coefficient (Wildman–Crippen LogP) is 2.42. The molecule has 0 N–H and O–H groups in total. The quantitative estimate of drug-likeness (QED) is 0.852. The summed E-state index contributed by atoms with van der Waals surface area (Å²) < 4.78 is 6.06. The van der Waals surface area contributed by atoms with Crippen molar-refractivity contribution in [3.05, 3.63) is 42.1 Å². The summed E-state index contributed by atoms with van der Waals surface area (Å²) >= 11 is 0. The third-order valence-corrected chi connectivity index (χ3v) is 6.27. The number of pyridine rings is 1. The molecule has 2 aromatic rings. The highest BCUT2D eigenvalue weighted by Gasteiger charge is 2.45. The number of amides is 1. The van der Waals surface area contributed by atoms with Crippen LogP contribution in [0.1, 0.15) is 23.2 Å². The fraction of sp³-hybridized carbons (Fsp3) is 0.524. The highest BCUT2D eigenvalue weighted by Crippen LogP contribution is 2.35. The lowest BCUT2D eigenvalue weighted by Crippen LogP contribution is -2.34. The molecule has 0 radical (unpaired) electrons. The summed E-state index contributed by atoms with van der Waals surface area (Å²) in [5.41, 5.74) is 1.68. The first-order chi connectivity index (χ1) is 12.8. The third kappa shape index (κ3) is 2.89. The van der Waals surface area contributed by atoms with E-state index in [4.69, 9.17) is 4.74 Å². The van der Waals surface area contributed by atoms with Crippen molar-refractivity contribution in [2.45, 2.75) is 18.9 Å². The fourth-order valence-corrected chi connectivity index (χ4v) is 4.84. The highest BCUT2D eigenvalue weighted by atomic mass is 16.5. The van der Waals surface area contributed by atoms with Crippen molar-refractivity contribution in [1.29, 1.82) is 0 Å². The van der Waals surface area contributed by atoms with E-state index in [1.54, 1.807) is 6.20 Å². The first-order valence-corrected chi connectivity index (χ1v) is 9.76. The van der Waals surface area contributed by atoms with Gasteiger partial charge >= 0.3 is 0 Å². The van der Waals surface area contributed by atoms with Crippen molar-refractivity contribution in [1.82, 2.24) is 14.8 Å². The molecule has 0 aliphatic carbocycles. The van der Waals surface area contributed by atoms with Crippen LogP contribution in [0.4, 0.5) is 0 Å². The number of fused-ring (bicyclic) bond motifs is 2. The Labute approximate surface area is 153 Å². The van der Waals surface area contributed by atoms with Gasteiger partial charge in [-0.25, -0.2) is 0 Å². The SMILES string of the molecule is O=C(c1ccc2ncccc2c1)N1C[C@H]2[C@H](CN3CCCC3)CO[C@H]2C1.